The Morgan fingerprint density at radius 1 is 1.24 bits per heavy atom. The fourth-order valence-electron chi connectivity index (χ4n) is 3.09. The van der Waals surface area contributed by atoms with E-state index in [9.17, 15) is 9.90 Å². The van der Waals surface area contributed by atoms with Crippen molar-refractivity contribution in [2.24, 2.45) is 0 Å². The SMILES string of the molecule is CCOC(=O)Cc1ccc(OC)cc1OCc1c(C(C)O)oc2ccc(Br)cc12. The zero-order valence-corrected chi connectivity index (χ0v) is 18.1. The van der Waals surface area contributed by atoms with Crippen LogP contribution in [0.4, 0.5) is 0 Å². The summed E-state index contributed by atoms with van der Waals surface area (Å²) in [6, 6.07) is 10.9. The van der Waals surface area contributed by atoms with Crippen LogP contribution in [-0.2, 0) is 22.6 Å². The van der Waals surface area contributed by atoms with E-state index < -0.39 is 6.10 Å². The number of fused-ring (bicyclic) bond motifs is 1. The Labute approximate surface area is 177 Å². The summed E-state index contributed by atoms with van der Waals surface area (Å²) in [6.45, 7) is 3.89. The third-order valence-electron chi connectivity index (χ3n) is 4.45. The summed E-state index contributed by atoms with van der Waals surface area (Å²) >= 11 is 3.47. The van der Waals surface area contributed by atoms with E-state index in [0.717, 1.165) is 15.4 Å². The molecular formula is C22H23BrO6. The lowest BCUT2D eigenvalue weighted by Crippen LogP contribution is -2.09. The molecule has 0 bridgehead atoms. The Morgan fingerprint density at radius 3 is 2.72 bits per heavy atom. The molecule has 0 spiro atoms. The summed E-state index contributed by atoms with van der Waals surface area (Å²) < 4.78 is 23.1. The van der Waals surface area contributed by atoms with Gasteiger partial charge in [0.1, 0.15) is 35.6 Å². The minimum atomic E-state index is -0.788. The predicted octanol–water partition coefficient (Wildman–Crippen LogP) is 4.94. The second-order valence-corrected chi connectivity index (χ2v) is 7.42. The van der Waals surface area contributed by atoms with Gasteiger partial charge in [0.05, 0.1) is 20.1 Å². The number of rotatable bonds is 8. The van der Waals surface area contributed by atoms with Crippen molar-refractivity contribution in [3.63, 3.8) is 0 Å². The van der Waals surface area contributed by atoms with E-state index in [1.165, 1.54) is 0 Å². The van der Waals surface area contributed by atoms with Crippen molar-refractivity contribution in [2.75, 3.05) is 13.7 Å². The van der Waals surface area contributed by atoms with E-state index in [1.807, 2.05) is 18.2 Å². The molecule has 29 heavy (non-hydrogen) atoms. The van der Waals surface area contributed by atoms with Gasteiger partial charge in [0.15, 0.2) is 0 Å². The van der Waals surface area contributed by atoms with Gasteiger partial charge in [-0.25, -0.2) is 0 Å². The summed E-state index contributed by atoms with van der Waals surface area (Å²) in [6.07, 6.45) is -0.697. The minimum absolute atomic E-state index is 0.0914. The molecular weight excluding hydrogens is 440 g/mol. The number of methoxy groups -OCH3 is 1. The largest absolute Gasteiger partial charge is 0.497 e. The second kappa shape index (κ2) is 9.33. The molecule has 0 aliphatic carbocycles. The van der Waals surface area contributed by atoms with Crippen LogP contribution in [0, 0.1) is 0 Å². The van der Waals surface area contributed by atoms with Gasteiger partial charge >= 0.3 is 5.97 Å². The van der Waals surface area contributed by atoms with Crippen LogP contribution in [0.3, 0.4) is 0 Å². The van der Waals surface area contributed by atoms with E-state index in [2.05, 4.69) is 15.9 Å². The molecule has 0 radical (unpaired) electrons. The molecule has 0 fully saturated rings. The molecule has 3 aromatic rings. The molecule has 6 nitrogen and oxygen atoms in total. The molecule has 0 amide bonds. The number of hydrogen-bond donors (Lipinski definition) is 1. The maximum atomic E-state index is 11.9. The summed E-state index contributed by atoms with van der Waals surface area (Å²) in [5.41, 5.74) is 2.11. The number of hydrogen-bond acceptors (Lipinski definition) is 6. The van der Waals surface area contributed by atoms with Crippen LogP contribution in [0.25, 0.3) is 11.0 Å². The first-order chi connectivity index (χ1) is 13.9. The average molecular weight is 463 g/mol. The van der Waals surface area contributed by atoms with Gasteiger partial charge in [0.2, 0.25) is 0 Å². The summed E-state index contributed by atoms with van der Waals surface area (Å²) in [5.74, 6) is 1.25. The molecule has 154 valence electrons. The van der Waals surface area contributed by atoms with E-state index in [-0.39, 0.29) is 19.0 Å². The van der Waals surface area contributed by atoms with Gasteiger partial charge in [-0.3, -0.25) is 4.79 Å². The summed E-state index contributed by atoms with van der Waals surface area (Å²) in [7, 11) is 1.57. The Balaban J connectivity index is 1.93. The molecule has 0 saturated heterocycles. The number of benzene rings is 2. The van der Waals surface area contributed by atoms with Crippen molar-refractivity contribution >= 4 is 32.9 Å². The molecule has 1 atom stereocenters. The highest BCUT2D eigenvalue weighted by Crippen LogP contribution is 2.34. The Morgan fingerprint density at radius 2 is 2.03 bits per heavy atom. The summed E-state index contributed by atoms with van der Waals surface area (Å²) in [4.78, 5) is 11.9. The van der Waals surface area contributed by atoms with Crippen molar-refractivity contribution < 1.29 is 28.5 Å². The highest BCUT2D eigenvalue weighted by Gasteiger charge is 2.20. The van der Waals surface area contributed by atoms with Crippen LogP contribution in [0.2, 0.25) is 0 Å². The molecule has 7 heteroatoms. The van der Waals surface area contributed by atoms with Crippen molar-refractivity contribution in [1.29, 1.82) is 0 Å². The molecule has 1 heterocycles. The van der Waals surface area contributed by atoms with Gasteiger partial charge in [-0.05, 0) is 38.1 Å². The lowest BCUT2D eigenvalue weighted by molar-refractivity contribution is -0.142. The van der Waals surface area contributed by atoms with Gasteiger partial charge in [0, 0.05) is 27.1 Å². The number of aliphatic hydroxyl groups is 1. The Bertz CT molecular complexity index is 1010. The van der Waals surface area contributed by atoms with Gasteiger partial charge < -0.3 is 23.7 Å². The van der Waals surface area contributed by atoms with Crippen molar-refractivity contribution in [3.8, 4) is 11.5 Å². The second-order valence-electron chi connectivity index (χ2n) is 6.51. The fraction of sp³-hybridized carbons (Fsp3) is 0.318. The minimum Gasteiger partial charge on any atom is -0.497 e. The van der Waals surface area contributed by atoms with Crippen LogP contribution in [0.15, 0.2) is 45.3 Å². The van der Waals surface area contributed by atoms with Crippen LogP contribution < -0.4 is 9.47 Å². The summed E-state index contributed by atoms with van der Waals surface area (Å²) in [5, 5.41) is 11.0. The number of halogens is 1. The number of aliphatic hydroxyl groups excluding tert-OH is 1. The third kappa shape index (κ3) is 4.92. The van der Waals surface area contributed by atoms with Crippen LogP contribution >= 0.6 is 15.9 Å². The molecule has 1 unspecified atom stereocenters. The molecule has 2 aromatic carbocycles. The average Bonchev–Trinajstić information content (AvgIpc) is 3.05. The Hall–Kier alpha value is -2.51. The lowest BCUT2D eigenvalue weighted by Gasteiger charge is -2.14. The molecule has 1 aromatic heterocycles. The van der Waals surface area contributed by atoms with Gasteiger partial charge in [0.25, 0.3) is 0 Å². The van der Waals surface area contributed by atoms with Crippen molar-refractivity contribution in [3.05, 3.63) is 57.8 Å². The number of furan rings is 1. The quantitative estimate of drug-likeness (QED) is 0.477. The zero-order valence-electron chi connectivity index (χ0n) is 16.5. The number of carbonyl (C=O) groups excluding carboxylic acids is 1. The maximum absolute atomic E-state index is 11.9. The van der Waals surface area contributed by atoms with Gasteiger partial charge in [-0.2, -0.15) is 0 Å². The fourth-order valence-corrected chi connectivity index (χ4v) is 3.45. The van der Waals surface area contributed by atoms with Gasteiger partial charge in [-0.15, -0.1) is 0 Å². The monoisotopic (exact) mass is 462 g/mol. The molecule has 0 aliphatic rings. The first-order valence-electron chi connectivity index (χ1n) is 9.27. The number of esters is 1. The standard InChI is InChI=1S/C22H23BrO6/c1-4-27-21(25)9-14-5-7-16(26-3)11-20(14)28-12-18-17-10-15(23)6-8-19(17)29-22(18)13(2)24/h5-8,10-11,13,24H,4,9,12H2,1-3H3. The topological polar surface area (TPSA) is 78.1 Å². The maximum Gasteiger partial charge on any atom is 0.310 e. The number of ether oxygens (including phenoxy) is 3. The first-order valence-corrected chi connectivity index (χ1v) is 10.1. The molecule has 1 N–H and O–H groups in total. The van der Waals surface area contributed by atoms with Crippen molar-refractivity contribution in [2.45, 2.75) is 33.0 Å². The predicted molar refractivity (Wildman–Crippen MR) is 112 cm³/mol. The highest BCUT2D eigenvalue weighted by atomic mass is 79.9. The van der Waals surface area contributed by atoms with E-state index in [4.69, 9.17) is 18.6 Å². The molecule has 0 saturated carbocycles. The molecule has 3 rings (SSSR count). The van der Waals surface area contributed by atoms with E-state index in [0.29, 0.717) is 35.0 Å². The highest BCUT2D eigenvalue weighted by molar-refractivity contribution is 9.10. The first kappa shape index (κ1) is 21.2. The van der Waals surface area contributed by atoms with E-state index in [1.54, 1.807) is 39.2 Å². The Kier molecular flexibility index (Phi) is 6.82. The zero-order chi connectivity index (χ0) is 21.0. The third-order valence-corrected chi connectivity index (χ3v) is 4.94. The van der Waals surface area contributed by atoms with Crippen LogP contribution in [0.5, 0.6) is 11.5 Å². The van der Waals surface area contributed by atoms with Crippen LogP contribution in [0.1, 0.15) is 36.8 Å². The number of carbonyl (C=O) groups is 1. The molecule has 0 aliphatic heterocycles. The van der Waals surface area contributed by atoms with Gasteiger partial charge in [-0.1, -0.05) is 22.0 Å². The smallest absolute Gasteiger partial charge is 0.310 e. The van der Waals surface area contributed by atoms with Crippen LogP contribution in [-0.4, -0.2) is 24.8 Å². The van der Waals surface area contributed by atoms with Crippen molar-refractivity contribution in [1.82, 2.24) is 0 Å². The van der Waals surface area contributed by atoms with E-state index >= 15 is 0 Å². The lowest BCUT2D eigenvalue weighted by atomic mass is 10.1. The normalized spacial score (nSPS) is 12.0.